The predicted molar refractivity (Wildman–Crippen MR) is 112 cm³/mol. The number of likely N-dealkylation sites (tertiary alicyclic amines) is 1. The number of nitrogens with zero attached hydrogens (tertiary/aromatic N) is 7. The molecule has 1 aliphatic heterocycles. The SMILES string of the molecule is C=CC(=O)N1CCCC(n2nc(-c3cc(CC(C)O)n(C)n3)c3c(N)ncnc32)C1. The number of rotatable bonds is 5. The Hall–Kier alpha value is -3.27. The molecule has 0 aromatic carbocycles. The first kappa shape index (κ1) is 20.0. The third kappa shape index (κ3) is 3.54. The van der Waals surface area contributed by atoms with Crippen molar-refractivity contribution >= 4 is 22.8 Å². The lowest BCUT2D eigenvalue weighted by atomic mass is 10.1. The van der Waals surface area contributed by atoms with Gasteiger partial charge in [0.05, 0.1) is 17.5 Å². The average molecular weight is 410 g/mol. The van der Waals surface area contributed by atoms with Crippen LogP contribution < -0.4 is 5.73 Å². The molecule has 0 spiro atoms. The molecule has 1 aliphatic rings. The van der Waals surface area contributed by atoms with Crippen molar-refractivity contribution in [1.82, 2.24) is 34.4 Å². The molecule has 0 aliphatic carbocycles. The second kappa shape index (κ2) is 7.86. The van der Waals surface area contributed by atoms with E-state index in [1.807, 2.05) is 17.8 Å². The number of amides is 1. The lowest BCUT2D eigenvalue weighted by Crippen LogP contribution is -2.40. The highest BCUT2D eigenvalue weighted by atomic mass is 16.3. The van der Waals surface area contributed by atoms with Gasteiger partial charge in [0.2, 0.25) is 5.91 Å². The number of piperidine rings is 1. The molecule has 1 saturated heterocycles. The molecule has 0 saturated carbocycles. The van der Waals surface area contributed by atoms with E-state index >= 15 is 0 Å². The molecule has 3 N–H and O–H groups in total. The fraction of sp³-hybridized carbons (Fsp3) is 0.450. The van der Waals surface area contributed by atoms with Crippen molar-refractivity contribution in [2.24, 2.45) is 7.05 Å². The molecule has 3 aromatic rings. The minimum atomic E-state index is -0.480. The molecular formula is C20H26N8O2. The van der Waals surface area contributed by atoms with Crippen LogP contribution in [0.3, 0.4) is 0 Å². The quantitative estimate of drug-likeness (QED) is 0.602. The number of hydrogen-bond donors (Lipinski definition) is 2. The number of carbonyl (C=O) groups excluding carboxylic acids is 1. The summed E-state index contributed by atoms with van der Waals surface area (Å²) in [4.78, 5) is 22.5. The molecule has 4 heterocycles. The van der Waals surface area contributed by atoms with Gasteiger partial charge in [0.1, 0.15) is 23.5 Å². The molecule has 0 radical (unpaired) electrons. The number of aliphatic hydroxyl groups is 1. The highest BCUT2D eigenvalue weighted by Crippen LogP contribution is 2.33. The summed E-state index contributed by atoms with van der Waals surface area (Å²) in [6.45, 7) is 6.56. The number of aliphatic hydroxyl groups excluding tert-OH is 1. The van der Waals surface area contributed by atoms with Crippen LogP contribution in [0, 0.1) is 0 Å². The Labute approximate surface area is 174 Å². The van der Waals surface area contributed by atoms with E-state index in [0.717, 1.165) is 18.5 Å². The first-order chi connectivity index (χ1) is 14.4. The van der Waals surface area contributed by atoms with E-state index in [1.54, 1.807) is 16.5 Å². The van der Waals surface area contributed by atoms with Crippen LogP contribution in [0.4, 0.5) is 5.82 Å². The average Bonchev–Trinajstić information content (AvgIpc) is 3.29. The normalized spacial score (nSPS) is 18.0. The molecule has 10 nitrogen and oxygen atoms in total. The van der Waals surface area contributed by atoms with E-state index in [0.29, 0.717) is 47.7 Å². The van der Waals surface area contributed by atoms with Crippen LogP contribution in [0.15, 0.2) is 25.0 Å². The first-order valence-electron chi connectivity index (χ1n) is 10.0. The van der Waals surface area contributed by atoms with Crippen LogP contribution in [0.1, 0.15) is 31.5 Å². The van der Waals surface area contributed by atoms with Crippen molar-refractivity contribution < 1.29 is 9.90 Å². The van der Waals surface area contributed by atoms with Gasteiger partial charge in [-0.2, -0.15) is 10.2 Å². The highest BCUT2D eigenvalue weighted by molar-refractivity contribution is 5.97. The molecule has 158 valence electrons. The molecule has 4 rings (SSSR count). The maximum atomic E-state index is 12.1. The van der Waals surface area contributed by atoms with Crippen molar-refractivity contribution in [3.05, 3.63) is 30.7 Å². The molecule has 30 heavy (non-hydrogen) atoms. The number of hydrogen-bond acceptors (Lipinski definition) is 7. The Bertz CT molecular complexity index is 1100. The Morgan fingerprint density at radius 3 is 2.97 bits per heavy atom. The molecular weight excluding hydrogens is 384 g/mol. The second-order valence-corrected chi connectivity index (χ2v) is 7.73. The maximum absolute atomic E-state index is 12.1. The van der Waals surface area contributed by atoms with Gasteiger partial charge >= 0.3 is 0 Å². The van der Waals surface area contributed by atoms with Crippen molar-refractivity contribution in [1.29, 1.82) is 0 Å². The minimum Gasteiger partial charge on any atom is -0.393 e. The largest absolute Gasteiger partial charge is 0.393 e. The topological polar surface area (TPSA) is 128 Å². The monoisotopic (exact) mass is 410 g/mol. The van der Waals surface area contributed by atoms with Crippen LogP contribution in [0.2, 0.25) is 0 Å². The second-order valence-electron chi connectivity index (χ2n) is 7.73. The summed E-state index contributed by atoms with van der Waals surface area (Å²) in [5, 5.41) is 19.8. The fourth-order valence-electron chi connectivity index (χ4n) is 4.03. The van der Waals surface area contributed by atoms with E-state index in [-0.39, 0.29) is 11.9 Å². The molecule has 0 bridgehead atoms. The van der Waals surface area contributed by atoms with Gasteiger partial charge in [-0.1, -0.05) is 6.58 Å². The third-order valence-corrected chi connectivity index (χ3v) is 5.47. The minimum absolute atomic E-state index is 0.0335. The zero-order chi connectivity index (χ0) is 21.4. The van der Waals surface area contributed by atoms with Crippen LogP contribution in [-0.2, 0) is 18.3 Å². The van der Waals surface area contributed by atoms with Crippen molar-refractivity contribution in [3.8, 4) is 11.4 Å². The number of aryl methyl sites for hydroxylation is 1. The number of carbonyl (C=O) groups is 1. The summed E-state index contributed by atoms with van der Waals surface area (Å²) < 4.78 is 3.58. The van der Waals surface area contributed by atoms with Gasteiger partial charge in [-0.15, -0.1) is 0 Å². The van der Waals surface area contributed by atoms with Gasteiger partial charge in [-0.05, 0) is 31.9 Å². The summed E-state index contributed by atoms with van der Waals surface area (Å²) in [5.41, 5.74) is 8.96. The molecule has 1 fully saturated rings. The van der Waals surface area contributed by atoms with Gasteiger partial charge in [0.15, 0.2) is 5.65 Å². The summed E-state index contributed by atoms with van der Waals surface area (Å²) in [6.07, 6.45) is 4.50. The van der Waals surface area contributed by atoms with Gasteiger partial charge in [-0.3, -0.25) is 9.48 Å². The van der Waals surface area contributed by atoms with Gasteiger partial charge in [0.25, 0.3) is 0 Å². The lowest BCUT2D eigenvalue weighted by molar-refractivity contribution is -0.127. The van der Waals surface area contributed by atoms with E-state index in [9.17, 15) is 9.90 Å². The van der Waals surface area contributed by atoms with E-state index in [1.165, 1.54) is 12.4 Å². The van der Waals surface area contributed by atoms with Crippen LogP contribution in [0.25, 0.3) is 22.4 Å². The third-order valence-electron chi connectivity index (χ3n) is 5.47. The van der Waals surface area contributed by atoms with Crippen molar-refractivity contribution in [2.45, 2.75) is 38.3 Å². The Kier molecular flexibility index (Phi) is 5.25. The molecule has 2 unspecified atom stereocenters. The zero-order valence-electron chi connectivity index (χ0n) is 17.2. The zero-order valence-corrected chi connectivity index (χ0v) is 17.2. The first-order valence-corrected chi connectivity index (χ1v) is 10.0. The molecule has 10 heteroatoms. The Morgan fingerprint density at radius 1 is 1.43 bits per heavy atom. The maximum Gasteiger partial charge on any atom is 0.246 e. The van der Waals surface area contributed by atoms with Crippen molar-refractivity contribution in [3.63, 3.8) is 0 Å². The summed E-state index contributed by atoms with van der Waals surface area (Å²) in [7, 11) is 1.83. The predicted octanol–water partition coefficient (Wildman–Crippen LogP) is 1.08. The Balaban J connectivity index is 1.79. The van der Waals surface area contributed by atoms with Crippen LogP contribution in [0.5, 0.6) is 0 Å². The van der Waals surface area contributed by atoms with E-state index in [2.05, 4.69) is 21.6 Å². The van der Waals surface area contributed by atoms with Crippen LogP contribution >= 0.6 is 0 Å². The number of fused-ring (bicyclic) bond motifs is 1. The highest BCUT2D eigenvalue weighted by Gasteiger charge is 2.28. The van der Waals surface area contributed by atoms with Crippen LogP contribution in [-0.4, -0.2) is 64.6 Å². The number of nitrogen functional groups attached to an aromatic ring is 1. The molecule has 2 atom stereocenters. The number of nitrogens with two attached hydrogens (primary N) is 1. The molecule has 3 aromatic heterocycles. The number of aromatic nitrogens is 6. The van der Waals surface area contributed by atoms with E-state index in [4.69, 9.17) is 10.8 Å². The van der Waals surface area contributed by atoms with E-state index < -0.39 is 6.10 Å². The van der Waals surface area contributed by atoms with Crippen molar-refractivity contribution in [2.75, 3.05) is 18.8 Å². The van der Waals surface area contributed by atoms with Gasteiger partial charge in [0, 0.05) is 32.3 Å². The van der Waals surface area contributed by atoms with Gasteiger partial charge in [-0.25, -0.2) is 14.6 Å². The Morgan fingerprint density at radius 2 is 2.23 bits per heavy atom. The smallest absolute Gasteiger partial charge is 0.246 e. The number of anilines is 1. The lowest BCUT2D eigenvalue weighted by Gasteiger charge is -2.32. The summed E-state index contributed by atoms with van der Waals surface area (Å²) in [6, 6.07) is 1.87. The molecule has 1 amide bonds. The fourth-order valence-corrected chi connectivity index (χ4v) is 4.03. The van der Waals surface area contributed by atoms with Gasteiger partial charge < -0.3 is 15.7 Å². The summed E-state index contributed by atoms with van der Waals surface area (Å²) >= 11 is 0. The summed E-state index contributed by atoms with van der Waals surface area (Å²) in [5.74, 6) is 0.247. The standard InChI is InChI=1S/C20H26N8O2/c1-4-16(30)27-7-5-6-13(10-27)28-20-17(19(21)22-11-23-20)18(25-28)15-9-14(8-12(2)29)26(3)24-15/h4,9,11-13,29H,1,5-8,10H2,2-3H3,(H2,21,22,23).